The monoisotopic (exact) mass is 341 g/mol. The lowest BCUT2D eigenvalue weighted by Crippen LogP contribution is -2.14. The van der Waals surface area contributed by atoms with E-state index in [4.69, 9.17) is 10.5 Å². The van der Waals surface area contributed by atoms with Crippen molar-refractivity contribution >= 4 is 15.9 Å². The average Bonchev–Trinajstić information content (AvgIpc) is 2.42. The van der Waals surface area contributed by atoms with Crippen LogP contribution in [0.25, 0.3) is 0 Å². The predicted octanol–water partition coefficient (Wildman–Crippen LogP) is 4.09. The van der Waals surface area contributed by atoms with Gasteiger partial charge in [0.2, 0.25) is 0 Å². The molecule has 1 unspecified atom stereocenters. The number of aryl methyl sites for hydroxylation is 1. The zero-order chi connectivity index (χ0) is 14.9. The first-order chi connectivity index (χ1) is 9.43. The molecule has 0 radical (unpaired) electrons. The molecule has 2 rings (SSSR count). The van der Waals surface area contributed by atoms with E-state index in [9.17, 15) is 8.78 Å². The fourth-order valence-corrected chi connectivity index (χ4v) is 2.51. The van der Waals surface area contributed by atoms with Gasteiger partial charge in [0.15, 0.2) is 0 Å². The van der Waals surface area contributed by atoms with Gasteiger partial charge in [0.05, 0.1) is 17.6 Å². The minimum Gasteiger partial charge on any atom is -0.496 e. The predicted molar refractivity (Wildman–Crippen MR) is 77.8 cm³/mol. The molecule has 106 valence electrons. The molecule has 0 heterocycles. The lowest BCUT2D eigenvalue weighted by Gasteiger charge is -2.15. The molecule has 1 atom stereocenters. The van der Waals surface area contributed by atoms with Gasteiger partial charge >= 0.3 is 0 Å². The molecular formula is C15H14BrF2NO. The van der Waals surface area contributed by atoms with Gasteiger partial charge in [-0.25, -0.2) is 8.78 Å². The molecule has 0 amide bonds. The molecule has 0 aliphatic carbocycles. The number of hydrogen-bond donors (Lipinski definition) is 1. The van der Waals surface area contributed by atoms with Gasteiger partial charge in [0.25, 0.3) is 0 Å². The molecule has 0 fully saturated rings. The number of hydrogen-bond acceptors (Lipinski definition) is 2. The van der Waals surface area contributed by atoms with E-state index < -0.39 is 17.7 Å². The molecule has 0 aliphatic heterocycles. The van der Waals surface area contributed by atoms with Crippen molar-refractivity contribution in [3.05, 3.63) is 63.1 Å². The Labute approximate surface area is 124 Å². The second-order valence-corrected chi connectivity index (χ2v) is 5.35. The molecule has 0 aliphatic rings. The third-order valence-electron chi connectivity index (χ3n) is 3.15. The first-order valence-electron chi connectivity index (χ1n) is 5.98. The molecule has 2 nitrogen and oxygen atoms in total. The molecule has 5 heteroatoms. The van der Waals surface area contributed by atoms with Crippen molar-refractivity contribution in [1.29, 1.82) is 0 Å². The first kappa shape index (κ1) is 14.9. The lowest BCUT2D eigenvalue weighted by molar-refractivity contribution is 0.412. The van der Waals surface area contributed by atoms with Crippen molar-refractivity contribution in [2.24, 2.45) is 5.73 Å². The van der Waals surface area contributed by atoms with Gasteiger partial charge in [-0.1, -0.05) is 6.07 Å². The summed E-state index contributed by atoms with van der Waals surface area (Å²) in [6, 6.07) is 6.75. The zero-order valence-corrected chi connectivity index (χ0v) is 12.7. The number of ether oxygens (including phenoxy) is 1. The summed E-state index contributed by atoms with van der Waals surface area (Å²) in [6.07, 6.45) is 0. The van der Waals surface area contributed by atoms with Crippen LogP contribution in [0.5, 0.6) is 5.75 Å². The summed E-state index contributed by atoms with van der Waals surface area (Å²) >= 11 is 3.34. The van der Waals surface area contributed by atoms with E-state index in [1.807, 2.05) is 0 Å². The van der Waals surface area contributed by atoms with E-state index in [1.165, 1.54) is 6.92 Å². The van der Waals surface area contributed by atoms with Gasteiger partial charge in [-0.15, -0.1) is 0 Å². The minimum absolute atomic E-state index is 0.130. The molecule has 2 N–H and O–H groups in total. The number of benzene rings is 2. The van der Waals surface area contributed by atoms with Crippen LogP contribution in [0.3, 0.4) is 0 Å². The Morgan fingerprint density at radius 2 is 1.85 bits per heavy atom. The smallest absolute Gasteiger partial charge is 0.133 e. The molecule has 2 aromatic carbocycles. The van der Waals surface area contributed by atoms with Crippen LogP contribution in [0.15, 0.2) is 34.8 Å². The summed E-state index contributed by atoms with van der Waals surface area (Å²) in [6.45, 7) is 1.51. The highest BCUT2D eigenvalue weighted by Crippen LogP contribution is 2.31. The number of methoxy groups -OCH3 is 1. The summed E-state index contributed by atoms with van der Waals surface area (Å²) in [4.78, 5) is 0. The van der Waals surface area contributed by atoms with E-state index in [1.54, 1.807) is 25.3 Å². The van der Waals surface area contributed by atoms with Crippen LogP contribution in [0.2, 0.25) is 0 Å². The zero-order valence-electron chi connectivity index (χ0n) is 11.1. The maximum atomic E-state index is 13.9. The van der Waals surface area contributed by atoms with E-state index in [0.717, 1.165) is 12.1 Å². The van der Waals surface area contributed by atoms with Crippen LogP contribution in [-0.2, 0) is 0 Å². The Balaban J connectivity index is 2.43. The van der Waals surface area contributed by atoms with Crippen LogP contribution in [0.4, 0.5) is 8.78 Å². The van der Waals surface area contributed by atoms with Crippen molar-refractivity contribution in [2.45, 2.75) is 13.0 Å². The Kier molecular flexibility index (Phi) is 4.40. The van der Waals surface area contributed by atoms with E-state index in [-0.39, 0.29) is 11.1 Å². The molecule has 0 saturated heterocycles. The van der Waals surface area contributed by atoms with Gasteiger partial charge < -0.3 is 10.5 Å². The normalized spacial score (nSPS) is 12.3. The highest BCUT2D eigenvalue weighted by Gasteiger charge is 2.17. The second kappa shape index (κ2) is 5.89. The Morgan fingerprint density at radius 3 is 2.45 bits per heavy atom. The van der Waals surface area contributed by atoms with Gasteiger partial charge in [-0.2, -0.15) is 0 Å². The van der Waals surface area contributed by atoms with E-state index in [2.05, 4.69) is 15.9 Å². The Hall–Kier alpha value is -1.46. The van der Waals surface area contributed by atoms with Crippen LogP contribution in [0.1, 0.15) is 22.7 Å². The molecule has 20 heavy (non-hydrogen) atoms. The van der Waals surface area contributed by atoms with Crippen LogP contribution < -0.4 is 10.5 Å². The van der Waals surface area contributed by atoms with E-state index in [0.29, 0.717) is 15.8 Å². The fourth-order valence-electron chi connectivity index (χ4n) is 1.96. The topological polar surface area (TPSA) is 35.2 Å². The fraction of sp³-hybridized carbons (Fsp3) is 0.200. The van der Waals surface area contributed by atoms with Crippen LogP contribution in [0, 0.1) is 18.6 Å². The molecule has 0 aromatic heterocycles. The summed E-state index contributed by atoms with van der Waals surface area (Å²) in [5.41, 5.74) is 7.08. The van der Waals surface area contributed by atoms with Crippen molar-refractivity contribution in [3.63, 3.8) is 0 Å². The molecule has 0 bridgehead atoms. The molecule has 2 aromatic rings. The highest BCUT2D eigenvalue weighted by molar-refractivity contribution is 9.10. The van der Waals surface area contributed by atoms with Crippen molar-refractivity contribution < 1.29 is 13.5 Å². The lowest BCUT2D eigenvalue weighted by atomic mass is 9.98. The van der Waals surface area contributed by atoms with Crippen molar-refractivity contribution in [3.8, 4) is 5.75 Å². The van der Waals surface area contributed by atoms with Gasteiger partial charge in [-0.05, 0) is 58.2 Å². The average molecular weight is 342 g/mol. The van der Waals surface area contributed by atoms with Crippen LogP contribution in [-0.4, -0.2) is 7.11 Å². The number of nitrogens with two attached hydrogens (primary N) is 1. The molecular weight excluding hydrogens is 328 g/mol. The second-order valence-electron chi connectivity index (χ2n) is 4.49. The van der Waals surface area contributed by atoms with Gasteiger partial charge in [0.1, 0.15) is 17.4 Å². The first-order valence-corrected chi connectivity index (χ1v) is 6.78. The van der Waals surface area contributed by atoms with Crippen molar-refractivity contribution in [1.82, 2.24) is 0 Å². The standard InChI is InChI=1S/C15H14BrF2NO/c1-8-5-13(18)10(7-12(8)17)15(19)9-3-4-14(20-2)11(16)6-9/h3-7,15H,19H2,1-2H3. The number of rotatable bonds is 3. The molecule has 0 spiro atoms. The Morgan fingerprint density at radius 1 is 1.15 bits per heavy atom. The largest absolute Gasteiger partial charge is 0.496 e. The highest BCUT2D eigenvalue weighted by atomic mass is 79.9. The van der Waals surface area contributed by atoms with Gasteiger partial charge in [0, 0.05) is 5.56 Å². The van der Waals surface area contributed by atoms with Crippen molar-refractivity contribution in [2.75, 3.05) is 7.11 Å². The molecule has 0 saturated carbocycles. The Bertz CT molecular complexity index is 646. The third kappa shape index (κ3) is 2.83. The maximum Gasteiger partial charge on any atom is 0.133 e. The van der Waals surface area contributed by atoms with Gasteiger partial charge in [-0.3, -0.25) is 0 Å². The van der Waals surface area contributed by atoms with Crippen LogP contribution >= 0.6 is 15.9 Å². The minimum atomic E-state index is -0.743. The summed E-state index contributed by atoms with van der Waals surface area (Å²) in [5.74, 6) is -0.329. The quantitative estimate of drug-likeness (QED) is 0.912. The van der Waals surface area contributed by atoms with E-state index >= 15 is 0 Å². The maximum absolute atomic E-state index is 13.9. The number of halogens is 3. The third-order valence-corrected chi connectivity index (χ3v) is 3.77. The summed E-state index contributed by atoms with van der Waals surface area (Å²) in [5, 5.41) is 0. The SMILES string of the molecule is COc1ccc(C(N)c2cc(F)c(C)cc2F)cc1Br. The summed E-state index contributed by atoms with van der Waals surface area (Å²) < 4.78 is 33.3. The summed E-state index contributed by atoms with van der Waals surface area (Å²) in [7, 11) is 1.55.